The summed E-state index contributed by atoms with van der Waals surface area (Å²) in [4.78, 5) is 33.6. The zero-order valence-electron chi connectivity index (χ0n) is 17.6. The fourth-order valence-corrected chi connectivity index (χ4v) is 3.01. The molecule has 0 spiro atoms. The lowest BCUT2D eigenvalue weighted by molar-refractivity contribution is -0.274. The second-order valence-electron chi connectivity index (χ2n) is 6.93. The molecule has 0 aliphatic rings. The maximum Gasteiger partial charge on any atom is 0.573 e. The summed E-state index contributed by atoms with van der Waals surface area (Å²) < 4.78 is 79.3. The Morgan fingerprint density at radius 1 is 1.17 bits per heavy atom. The molecule has 0 saturated heterocycles. The molecule has 3 rings (SSSR count). The Hall–Kier alpha value is -4.01. The van der Waals surface area contributed by atoms with Crippen molar-refractivity contribution in [3.05, 3.63) is 73.5 Å². The van der Waals surface area contributed by atoms with Gasteiger partial charge < -0.3 is 15.2 Å². The van der Waals surface area contributed by atoms with E-state index >= 15 is 0 Å². The topological polar surface area (TPSA) is 122 Å². The summed E-state index contributed by atoms with van der Waals surface area (Å²) in [5, 5.41) is 12.7. The molecule has 0 saturated carbocycles. The highest BCUT2D eigenvalue weighted by Gasteiger charge is 2.32. The van der Waals surface area contributed by atoms with Crippen LogP contribution < -0.4 is 21.3 Å². The predicted octanol–water partition coefficient (Wildman–Crippen LogP) is 4.07. The molecule has 192 valence electrons. The summed E-state index contributed by atoms with van der Waals surface area (Å²) in [6.07, 6.45) is -8.05. The summed E-state index contributed by atoms with van der Waals surface area (Å²) in [6.45, 7) is -0.417. The number of nitrogens with one attached hydrogen (secondary N) is 2. The highest BCUT2D eigenvalue weighted by Crippen LogP contribution is 2.32. The van der Waals surface area contributed by atoms with Crippen molar-refractivity contribution in [1.82, 2.24) is 14.5 Å². The second-order valence-corrected chi connectivity index (χ2v) is 7.33. The minimum Gasteiger partial charge on any atom is -0.494 e. The number of hydrogen-bond donors (Lipinski definition) is 3. The number of aromatic hydroxyl groups is 1. The van der Waals surface area contributed by atoms with E-state index in [9.17, 15) is 41.0 Å². The van der Waals surface area contributed by atoms with Gasteiger partial charge in [0.05, 0.1) is 16.3 Å². The third-order valence-electron chi connectivity index (χ3n) is 4.42. The monoisotopic (exact) mass is 537 g/mol. The van der Waals surface area contributed by atoms with Crippen molar-refractivity contribution < 1.29 is 36.2 Å². The Labute approximate surface area is 201 Å². The lowest BCUT2D eigenvalue weighted by atomic mass is 10.3. The zero-order valence-corrected chi connectivity index (χ0v) is 18.4. The molecule has 0 atom stereocenters. The van der Waals surface area contributed by atoms with E-state index in [2.05, 4.69) is 20.0 Å². The molecule has 0 radical (unpaired) electrons. The summed E-state index contributed by atoms with van der Waals surface area (Å²) in [5.41, 5.74) is -3.37. The Morgan fingerprint density at radius 2 is 1.83 bits per heavy atom. The quantitative estimate of drug-likeness (QED) is 0.309. The van der Waals surface area contributed by atoms with Crippen LogP contribution in [0.2, 0.25) is 5.02 Å². The maximum atomic E-state index is 12.7. The molecule has 3 N–H and O–H groups in total. The van der Waals surface area contributed by atoms with Crippen molar-refractivity contribution >= 4 is 29.3 Å². The Bertz CT molecular complexity index is 1380. The van der Waals surface area contributed by atoms with E-state index in [-0.39, 0.29) is 29.6 Å². The van der Waals surface area contributed by atoms with E-state index in [1.807, 2.05) is 4.98 Å². The fourth-order valence-electron chi connectivity index (χ4n) is 2.78. The van der Waals surface area contributed by atoms with E-state index in [1.54, 1.807) is 0 Å². The SMILES string of the molecule is O=c1[nH]c(=O)n(CCNc2ncc(C(F)(F)F)cc2Cl)c(O)c1C=Nc1ccc(OC(F)(F)F)cc1. The molecule has 1 aromatic carbocycles. The van der Waals surface area contributed by atoms with Crippen LogP contribution in [0.5, 0.6) is 11.6 Å². The molecule has 0 unspecified atom stereocenters. The van der Waals surface area contributed by atoms with Crippen LogP contribution in [-0.4, -0.2) is 38.8 Å². The number of aliphatic imine (C=N–C) groups is 1. The second kappa shape index (κ2) is 10.3. The standard InChI is InChI=1S/C20H14ClF6N5O4/c21-14-7-10(19(22,23)24)8-30-15(14)28-5-6-32-17(34)13(16(33)31-18(32)35)9-29-11-1-3-12(4-2-11)36-20(25,26)27/h1-4,7-9,34H,5-6H2,(H,28,30)(H,31,33,35). The summed E-state index contributed by atoms with van der Waals surface area (Å²) in [7, 11) is 0. The maximum absolute atomic E-state index is 12.7. The smallest absolute Gasteiger partial charge is 0.494 e. The number of nitrogens with zero attached hydrogens (tertiary/aromatic N) is 3. The van der Waals surface area contributed by atoms with Gasteiger partial charge >= 0.3 is 18.2 Å². The molecule has 0 amide bonds. The number of benzene rings is 1. The summed E-state index contributed by atoms with van der Waals surface area (Å²) >= 11 is 5.80. The molecule has 2 aromatic heterocycles. The van der Waals surface area contributed by atoms with Gasteiger partial charge in [0.1, 0.15) is 17.1 Å². The highest BCUT2D eigenvalue weighted by atomic mass is 35.5. The number of H-pyrrole nitrogens is 1. The average Bonchev–Trinajstić information content (AvgIpc) is 2.76. The minimum atomic E-state index is -4.87. The number of anilines is 1. The van der Waals surface area contributed by atoms with E-state index in [1.165, 1.54) is 0 Å². The molecular weight excluding hydrogens is 524 g/mol. The van der Waals surface area contributed by atoms with Gasteiger partial charge in [-0.2, -0.15) is 13.2 Å². The normalized spacial score (nSPS) is 12.2. The van der Waals surface area contributed by atoms with Gasteiger partial charge in [-0.05, 0) is 30.3 Å². The number of pyridine rings is 1. The third kappa shape index (κ3) is 6.78. The highest BCUT2D eigenvalue weighted by molar-refractivity contribution is 6.32. The lowest BCUT2D eigenvalue weighted by Gasteiger charge is -2.12. The van der Waals surface area contributed by atoms with Crippen LogP contribution in [0.4, 0.5) is 37.8 Å². The van der Waals surface area contributed by atoms with Gasteiger partial charge in [0, 0.05) is 25.5 Å². The number of halogens is 7. The molecule has 3 aromatic rings. The van der Waals surface area contributed by atoms with Gasteiger partial charge in [0.25, 0.3) is 5.56 Å². The zero-order chi connectivity index (χ0) is 26.7. The van der Waals surface area contributed by atoms with Gasteiger partial charge in [-0.15, -0.1) is 13.2 Å². The van der Waals surface area contributed by atoms with Crippen LogP contribution in [0.25, 0.3) is 0 Å². The Kier molecular flexibility index (Phi) is 7.62. The average molecular weight is 538 g/mol. The van der Waals surface area contributed by atoms with Gasteiger partial charge in [-0.3, -0.25) is 19.3 Å². The molecule has 36 heavy (non-hydrogen) atoms. The first-order valence-corrected chi connectivity index (χ1v) is 10.0. The number of alkyl halides is 6. The molecule has 9 nitrogen and oxygen atoms in total. The number of rotatable bonds is 7. The Morgan fingerprint density at radius 3 is 2.42 bits per heavy atom. The number of aromatic amines is 1. The van der Waals surface area contributed by atoms with E-state index in [0.29, 0.717) is 12.3 Å². The van der Waals surface area contributed by atoms with E-state index in [0.717, 1.165) is 35.0 Å². The first-order valence-electron chi connectivity index (χ1n) is 9.67. The van der Waals surface area contributed by atoms with Crippen molar-refractivity contribution in [2.45, 2.75) is 19.1 Å². The molecule has 0 aliphatic heterocycles. The first-order chi connectivity index (χ1) is 16.7. The molecule has 2 heterocycles. The number of ether oxygens (including phenoxy) is 1. The lowest BCUT2D eigenvalue weighted by Crippen LogP contribution is -2.33. The van der Waals surface area contributed by atoms with Crippen LogP contribution >= 0.6 is 11.6 Å². The van der Waals surface area contributed by atoms with Gasteiger partial charge in [0.15, 0.2) is 0 Å². The van der Waals surface area contributed by atoms with Crippen LogP contribution in [0.15, 0.2) is 51.1 Å². The number of aromatic nitrogens is 3. The first kappa shape index (κ1) is 26.6. The largest absolute Gasteiger partial charge is 0.573 e. The number of hydrogen-bond acceptors (Lipinski definition) is 7. The van der Waals surface area contributed by atoms with Crippen LogP contribution in [-0.2, 0) is 12.7 Å². The van der Waals surface area contributed by atoms with Gasteiger partial charge in [0.2, 0.25) is 5.88 Å². The van der Waals surface area contributed by atoms with Crippen molar-refractivity contribution in [3.8, 4) is 11.6 Å². The molecule has 0 bridgehead atoms. The van der Waals surface area contributed by atoms with Crippen LogP contribution in [0, 0.1) is 0 Å². The summed E-state index contributed by atoms with van der Waals surface area (Å²) in [6, 6.07) is 4.94. The van der Waals surface area contributed by atoms with E-state index in [4.69, 9.17) is 11.6 Å². The van der Waals surface area contributed by atoms with Crippen molar-refractivity contribution in [3.63, 3.8) is 0 Å². The minimum absolute atomic E-state index is 0.103. The third-order valence-corrected chi connectivity index (χ3v) is 4.70. The van der Waals surface area contributed by atoms with Crippen LogP contribution in [0.1, 0.15) is 11.1 Å². The van der Waals surface area contributed by atoms with Gasteiger partial charge in [-0.25, -0.2) is 9.78 Å². The van der Waals surface area contributed by atoms with E-state index < -0.39 is 46.5 Å². The molecule has 0 aliphatic carbocycles. The van der Waals surface area contributed by atoms with Gasteiger partial charge in [-0.1, -0.05) is 11.6 Å². The summed E-state index contributed by atoms with van der Waals surface area (Å²) in [5.74, 6) is -1.38. The Balaban J connectivity index is 1.74. The molecular formula is C20H14ClF6N5O4. The fraction of sp³-hybridized carbons (Fsp3) is 0.200. The predicted molar refractivity (Wildman–Crippen MR) is 116 cm³/mol. The van der Waals surface area contributed by atoms with Crippen molar-refractivity contribution in [1.29, 1.82) is 0 Å². The van der Waals surface area contributed by atoms with Crippen LogP contribution in [0.3, 0.4) is 0 Å². The molecule has 16 heteroatoms. The van der Waals surface area contributed by atoms with Crippen molar-refractivity contribution in [2.24, 2.45) is 4.99 Å². The molecule has 0 fully saturated rings. The van der Waals surface area contributed by atoms with Crippen molar-refractivity contribution in [2.75, 3.05) is 11.9 Å².